The zero-order valence-electron chi connectivity index (χ0n) is 16.0. The van der Waals surface area contributed by atoms with Crippen molar-refractivity contribution in [2.75, 3.05) is 16.3 Å². The molecule has 1 saturated heterocycles. The number of nitrogens with zero attached hydrogens (tertiary/aromatic N) is 2. The molecule has 0 spiro atoms. The third-order valence-electron chi connectivity index (χ3n) is 5.18. The molecule has 1 aliphatic heterocycles. The van der Waals surface area contributed by atoms with Crippen LogP contribution in [0.4, 0.5) is 11.4 Å². The molecule has 28 heavy (non-hydrogen) atoms. The highest BCUT2D eigenvalue weighted by atomic mass is 16.2. The van der Waals surface area contributed by atoms with Gasteiger partial charge in [0, 0.05) is 5.69 Å². The number of hydrogen-bond donors (Lipinski definition) is 0. The van der Waals surface area contributed by atoms with Crippen molar-refractivity contribution in [3.63, 3.8) is 0 Å². The number of rotatable bonds is 3. The van der Waals surface area contributed by atoms with Gasteiger partial charge in [0.2, 0.25) is 5.91 Å². The summed E-state index contributed by atoms with van der Waals surface area (Å²) >= 11 is 0. The molecule has 4 rings (SSSR count). The lowest BCUT2D eigenvalue weighted by molar-refractivity contribution is -0.128. The number of amides is 2. The normalized spacial score (nSPS) is 17.1. The molecule has 1 aliphatic rings. The van der Waals surface area contributed by atoms with E-state index >= 15 is 0 Å². The second-order valence-corrected chi connectivity index (χ2v) is 7.08. The van der Waals surface area contributed by atoms with Crippen LogP contribution in [-0.4, -0.2) is 18.4 Å². The van der Waals surface area contributed by atoms with Crippen LogP contribution in [0.3, 0.4) is 0 Å². The average molecular weight is 370 g/mol. The van der Waals surface area contributed by atoms with Crippen LogP contribution in [0.15, 0.2) is 78.9 Å². The van der Waals surface area contributed by atoms with Crippen LogP contribution >= 0.6 is 0 Å². The Morgan fingerprint density at radius 3 is 1.93 bits per heavy atom. The first-order chi connectivity index (χ1) is 13.6. The number of aryl methyl sites for hydroxylation is 2. The maximum atomic E-state index is 13.7. The van der Waals surface area contributed by atoms with Crippen LogP contribution in [0, 0.1) is 13.8 Å². The fraction of sp³-hybridized carbons (Fsp3) is 0.167. The molecule has 4 heteroatoms. The van der Waals surface area contributed by atoms with Crippen molar-refractivity contribution >= 4 is 23.2 Å². The summed E-state index contributed by atoms with van der Waals surface area (Å²) in [5.41, 5.74) is 4.34. The summed E-state index contributed by atoms with van der Waals surface area (Å²) in [7, 11) is 0. The minimum Gasteiger partial charge on any atom is -0.300 e. The highest BCUT2D eigenvalue weighted by Crippen LogP contribution is 2.36. The molecule has 0 aliphatic carbocycles. The standard InChI is InChI=1S/C24H22N2O2/c1-17-10-9-11-18(2)22(17)25-16-21(27)26(20-14-7-4-8-15-20)23(24(25)28)19-12-5-3-6-13-19/h3-15,23H,16H2,1-2H3/t23-/m1/s1. The molecule has 0 N–H and O–H groups in total. The minimum atomic E-state index is -0.691. The van der Waals surface area contributed by atoms with Gasteiger partial charge in [-0.1, -0.05) is 66.7 Å². The highest BCUT2D eigenvalue weighted by Gasteiger charge is 2.42. The van der Waals surface area contributed by atoms with Crippen molar-refractivity contribution in [3.8, 4) is 0 Å². The summed E-state index contributed by atoms with van der Waals surface area (Å²) in [5, 5.41) is 0. The molecule has 1 fully saturated rings. The Bertz CT molecular complexity index is 995. The van der Waals surface area contributed by atoms with Crippen LogP contribution in [0.5, 0.6) is 0 Å². The maximum absolute atomic E-state index is 13.7. The van der Waals surface area contributed by atoms with Gasteiger partial charge in [-0.15, -0.1) is 0 Å². The molecule has 3 aromatic carbocycles. The SMILES string of the molecule is Cc1cccc(C)c1N1CC(=O)N(c2ccccc2)[C@H](c2ccccc2)C1=O. The molecule has 0 radical (unpaired) electrons. The van der Waals surface area contributed by atoms with Crippen molar-refractivity contribution in [1.82, 2.24) is 0 Å². The molecule has 140 valence electrons. The summed E-state index contributed by atoms with van der Waals surface area (Å²) in [6, 6.07) is 24.1. The third kappa shape index (κ3) is 3.07. The van der Waals surface area contributed by atoms with E-state index in [1.165, 1.54) is 0 Å². The first-order valence-corrected chi connectivity index (χ1v) is 9.37. The van der Waals surface area contributed by atoms with Crippen LogP contribution in [0.25, 0.3) is 0 Å². The Morgan fingerprint density at radius 2 is 1.32 bits per heavy atom. The summed E-state index contributed by atoms with van der Waals surface area (Å²) in [5.74, 6) is -0.186. The quantitative estimate of drug-likeness (QED) is 0.685. The number of hydrogen-bond acceptors (Lipinski definition) is 2. The Morgan fingerprint density at radius 1 is 0.750 bits per heavy atom. The molecule has 0 aromatic heterocycles. The fourth-order valence-electron chi connectivity index (χ4n) is 3.92. The molecular formula is C24H22N2O2. The van der Waals surface area contributed by atoms with E-state index in [0.29, 0.717) is 0 Å². The number of anilines is 2. The number of benzene rings is 3. The van der Waals surface area contributed by atoms with Crippen molar-refractivity contribution in [2.24, 2.45) is 0 Å². The van der Waals surface area contributed by atoms with Crippen LogP contribution in [-0.2, 0) is 9.59 Å². The number of carbonyl (C=O) groups excluding carboxylic acids is 2. The lowest BCUT2D eigenvalue weighted by Gasteiger charge is -2.41. The second-order valence-electron chi connectivity index (χ2n) is 7.08. The van der Waals surface area contributed by atoms with Crippen molar-refractivity contribution in [2.45, 2.75) is 19.9 Å². The Hall–Kier alpha value is -3.40. The van der Waals surface area contributed by atoms with Crippen molar-refractivity contribution < 1.29 is 9.59 Å². The fourth-order valence-corrected chi connectivity index (χ4v) is 3.92. The second kappa shape index (κ2) is 7.31. The van der Waals surface area contributed by atoms with Gasteiger partial charge < -0.3 is 4.90 Å². The van der Waals surface area contributed by atoms with Gasteiger partial charge in [0.25, 0.3) is 5.91 Å². The van der Waals surface area contributed by atoms with Crippen molar-refractivity contribution in [3.05, 3.63) is 95.6 Å². The van der Waals surface area contributed by atoms with Gasteiger partial charge in [0.1, 0.15) is 12.6 Å². The zero-order valence-corrected chi connectivity index (χ0v) is 16.0. The lowest BCUT2D eigenvalue weighted by atomic mass is 9.98. The highest BCUT2D eigenvalue weighted by molar-refractivity contribution is 6.15. The molecule has 1 heterocycles. The van der Waals surface area contributed by atoms with Gasteiger partial charge in [-0.3, -0.25) is 14.5 Å². The van der Waals surface area contributed by atoms with Gasteiger partial charge >= 0.3 is 0 Å². The predicted octanol–water partition coefficient (Wildman–Crippen LogP) is 4.42. The lowest BCUT2D eigenvalue weighted by Crippen LogP contribution is -2.56. The van der Waals surface area contributed by atoms with Gasteiger partial charge in [-0.2, -0.15) is 0 Å². The summed E-state index contributed by atoms with van der Waals surface area (Å²) in [4.78, 5) is 30.2. The van der Waals surface area contributed by atoms with Crippen LogP contribution in [0.1, 0.15) is 22.7 Å². The molecule has 4 nitrogen and oxygen atoms in total. The maximum Gasteiger partial charge on any atom is 0.255 e. The van der Waals surface area contributed by atoms with E-state index in [9.17, 15) is 9.59 Å². The van der Waals surface area contributed by atoms with Crippen LogP contribution in [0.2, 0.25) is 0 Å². The Balaban J connectivity index is 1.85. The first-order valence-electron chi connectivity index (χ1n) is 9.37. The molecule has 0 bridgehead atoms. The predicted molar refractivity (Wildman–Crippen MR) is 111 cm³/mol. The average Bonchev–Trinajstić information content (AvgIpc) is 2.71. The first kappa shape index (κ1) is 18.0. The smallest absolute Gasteiger partial charge is 0.255 e. The molecule has 2 amide bonds. The van der Waals surface area contributed by atoms with Gasteiger partial charge in [-0.25, -0.2) is 0 Å². The largest absolute Gasteiger partial charge is 0.300 e. The monoisotopic (exact) mass is 370 g/mol. The van der Waals surface area contributed by atoms with Gasteiger partial charge in [0.05, 0.1) is 5.69 Å². The summed E-state index contributed by atoms with van der Waals surface area (Å²) < 4.78 is 0. The number of carbonyl (C=O) groups is 2. The van der Waals surface area contributed by atoms with E-state index < -0.39 is 6.04 Å². The topological polar surface area (TPSA) is 40.6 Å². The van der Waals surface area contributed by atoms with E-state index in [1.54, 1.807) is 9.80 Å². The van der Waals surface area contributed by atoms with E-state index in [4.69, 9.17) is 0 Å². The Kier molecular flexibility index (Phi) is 4.70. The third-order valence-corrected chi connectivity index (χ3v) is 5.18. The van der Waals surface area contributed by atoms with Crippen LogP contribution < -0.4 is 9.80 Å². The van der Waals surface area contributed by atoms with E-state index in [-0.39, 0.29) is 18.4 Å². The van der Waals surface area contributed by atoms with Gasteiger partial charge in [0.15, 0.2) is 0 Å². The molecule has 1 atom stereocenters. The minimum absolute atomic E-state index is 0.0305. The molecule has 0 saturated carbocycles. The van der Waals surface area contributed by atoms with E-state index in [0.717, 1.165) is 28.1 Å². The summed E-state index contributed by atoms with van der Waals surface area (Å²) in [6.45, 7) is 3.98. The van der Waals surface area contributed by atoms with Gasteiger partial charge in [-0.05, 0) is 42.7 Å². The summed E-state index contributed by atoms with van der Waals surface area (Å²) in [6.07, 6.45) is 0. The molecule has 0 unspecified atom stereocenters. The zero-order chi connectivity index (χ0) is 19.7. The molecule has 3 aromatic rings. The molecular weight excluding hydrogens is 348 g/mol. The van der Waals surface area contributed by atoms with E-state index in [1.807, 2.05) is 92.7 Å². The van der Waals surface area contributed by atoms with E-state index in [2.05, 4.69) is 0 Å². The Labute approximate surface area is 165 Å². The van der Waals surface area contributed by atoms with Crippen molar-refractivity contribution in [1.29, 1.82) is 0 Å². The number of piperazine rings is 1. The number of para-hydroxylation sites is 2.